The standard InChI is InChI=1S/C19H15Br2ClO2/c20-17-16(12-6-2-1-3-7-12)14-8-4-5-9-15(14)19(18(17)21)24-11-13(23)10-22/h1-9,13,23H,10-11H2. The van der Waals surface area contributed by atoms with Crippen LogP contribution in [0.15, 0.2) is 63.5 Å². The number of hydrogen-bond donors (Lipinski definition) is 1. The molecule has 0 radical (unpaired) electrons. The summed E-state index contributed by atoms with van der Waals surface area (Å²) in [6.45, 7) is 0.142. The third kappa shape index (κ3) is 3.47. The zero-order valence-electron chi connectivity index (χ0n) is 12.7. The Labute approximate surface area is 162 Å². The van der Waals surface area contributed by atoms with Gasteiger partial charge in [0.05, 0.1) is 10.4 Å². The first-order valence-electron chi connectivity index (χ1n) is 7.45. The topological polar surface area (TPSA) is 29.5 Å². The minimum atomic E-state index is -0.704. The molecule has 3 aromatic carbocycles. The van der Waals surface area contributed by atoms with Crippen LogP contribution in [0.4, 0.5) is 0 Å². The van der Waals surface area contributed by atoms with E-state index in [1.165, 1.54) is 0 Å². The van der Waals surface area contributed by atoms with E-state index >= 15 is 0 Å². The van der Waals surface area contributed by atoms with Crippen molar-refractivity contribution in [2.45, 2.75) is 6.10 Å². The van der Waals surface area contributed by atoms with Gasteiger partial charge in [0.15, 0.2) is 0 Å². The molecule has 0 aliphatic carbocycles. The van der Waals surface area contributed by atoms with E-state index in [9.17, 15) is 5.11 Å². The highest BCUT2D eigenvalue weighted by molar-refractivity contribution is 9.13. The maximum absolute atomic E-state index is 9.70. The molecule has 0 fully saturated rings. The van der Waals surface area contributed by atoms with Crippen LogP contribution in [0.1, 0.15) is 0 Å². The van der Waals surface area contributed by atoms with Gasteiger partial charge in [-0.25, -0.2) is 0 Å². The Hall–Kier alpha value is -1.07. The first-order valence-corrected chi connectivity index (χ1v) is 9.57. The van der Waals surface area contributed by atoms with Gasteiger partial charge in [-0.3, -0.25) is 0 Å². The lowest BCUT2D eigenvalue weighted by atomic mass is 9.97. The molecule has 0 bridgehead atoms. The van der Waals surface area contributed by atoms with Crippen LogP contribution in [0.3, 0.4) is 0 Å². The van der Waals surface area contributed by atoms with Crippen LogP contribution in [-0.2, 0) is 0 Å². The van der Waals surface area contributed by atoms with Crippen LogP contribution in [0.25, 0.3) is 21.9 Å². The summed E-state index contributed by atoms with van der Waals surface area (Å²) >= 11 is 13.0. The monoisotopic (exact) mass is 468 g/mol. The van der Waals surface area contributed by atoms with Crippen LogP contribution in [0.2, 0.25) is 0 Å². The number of alkyl halides is 1. The lowest BCUT2D eigenvalue weighted by Gasteiger charge is -2.18. The van der Waals surface area contributed by atoms with Crippen molar-refractivity contribution >= 4 is 54.2 Å². The summed E-state index contributed by atoms with van der Waals surface area (Å²) in [5.74, 6) is 0.833. The van der Waals surface area contributed by atoms with E-state index in [-0.39, 0.29) is 12.5 Å². The van der Waals surface area contributed by atoms with Crippen molar-refractivity contribution < 1.29 is 9.84 Å². The predicted molar refractivity (Wildman–Crippen MR) is 107 cm³/mol. The molecule has 5 heteroatoms. The molecule has 0 aliphatic rings. The van der Waals surface area contributed by atoms with Gasteiger partial charge >= 0.3 is 0 Å². The molecule has 1 atom stereocenters. The van der Waals surface area contributed by atoms with Crippen molar-refractivity contribution in [3.05, 3.63) is 63.5 Å². The molecular formula is C19H15Br2ClO2. The van der Waals surface area contributed by atoms with Gasteiger partial charge in [-0.15, -0.1) is 11.6 Å². The molecule has 0 spiro atoms. The van der Waals surface area contributed by atoms with E-state index in [1.54, 1.807) is 0 Å². The molecule has 0 aliphatic heterocycles. The Morgan fingerprint density at radius 2 is 1.54 bits per heavy atom. The highest BCUT2D eigenvalue weighted by Crippen LogP contribution is 2.46. The summed E-state index contributed by atoms with van der Waals surface area (Å²) in [7, 11) is 0. The average molecular weight is 471 g/mol. The second-order valence-electron chi connectivity index (χ2n) is 5.36. The first-order chi connectivity index (χ1) is 11.6. The second-order valence-corrected chi connectivity index (χ2v) is 7.26. The fraction of sp³-hybridized carbons (Fsp3) is 0.158. The quantitative estimate of drug-likeness (QED) is 0.463. The van der Waals surface area contributed by atoms with E-state index in [2.05, 4.69) is 50.1 Å². The molecule has 0 heterocycles. The maximum Gasteiger partial charge on any atom is 0.142 e. The number of ether oxygens (including phenoxy) is 1. The molecule has 0 aromatic heterocycles. The molecule has 1 unspecified atom stereocenters. The smallest absolute Gasteiger partial charge is 0.142 e. The third-order valence-corrected chi connectivity index (χ3v) is 6.15. The average Bonchev–Trinajstić information content (AvgIpc) is 2.63. The minimum Gasteiger partial charge on any atom is -0.489 e. The summed E-state index contributed by atoms with van der Waals surface area (Å²) < 4.78 is 7.60. The van der Waals surface area contributed by atoms with E-state index in [4.69, 9.17) is 16.3 Å². The number of halogens is 3. The molecule has 24 heavy (non-hydrogen) atoms. The highest BCUT2D eigenvalue weighted by atomic mass is 79.9. The van der Waals surface area contributed by atoms with E-state index < -0.39 is 6.10 Å². The lowest BCUT2D eigenvalue weighted by Crippen LogP contribution is -2.19. The molecule has 3 rings (SSSR count). The Morgan fingerprint density at radius 1 is 0.917 bits per heavy atom. The maximum atomic E-state index is 9.70. The third-order valence-electron chi connectivity index (χ3n) is 3.71. The number of benzene rings is 3. The van der Waals surface area contributed by atoms with Crippen molar-refractivity contribution in [1.82, 2.24) is 0 Å². The molecule has 0 amide bonds. The number of aliphatic hydroxyl groups excluding tert-OH is 1. The number of fused-ring (bicyclic) bond motifs is 1. The van der Waals surface area contributed by atoms with Crippen LogP contribution in [-0.4, -0.2) is 23.7 Å². The second kappa shape index (κ2) is 7.87. The largest absolute Gasteiger partial charge is 0.489 e. The first kappa shape index (κ1) is 17.7. The van der Waals surface area contributed by atoms with Crippen molar-refractivity contribution in [1.29, 1.82) is 0 Å². The number of aliphatic hydroxyl groups is 1. The molecule has 1 N–H and O–H groups in total. The van der Waals surface area contributed by atoms with Crippen molar-refractivity contribution in [3.63, 3.8) is 0 Å². The van der Waals surface area contributed by atoms with Gasteiger partial charge in [0.25, 0.3) is 0 Å². The summed E-state index contributed by atoms with van der Waals surface area (Å²) in [6, 6.07) is 18.3. The van der Waals surface area contributed by atoms with Gasteiger partial charge in [-0.05, 0) is 42.8 Å². The zero-order chi connectivity index (χ0) is 17.1. The Kier molecular flexibility index (Phi) is 5.82. The lowest BCUT2D eigenvalue weighted by molar-refractivity contribution is 0.126. The van der Waals surface area contributed by atoms with Gasteiger partial charge in [0.2, 0.25) is 0 Å². The van der Waals surface area contributed by atoms with Gasteiger partial charge in [-0.2, -0.15) is 0 Å². The number of hydrogen-bond acceptors (Lipinski definition) is 2. The number of rotatable bonds is 5. The molecule has 124 valence electrons. The van der Waals surface area contributed by atoms with Crippen LogP contribution in [0, 0.1) is 0 Å². The Bertz CT molecular complexity index is 853. The van der Waals surface area contributed by atoms with Gasteiger partial charge in [0, 0.05) is 15.4 Å². The van der Waals surface area contributed by atoms with Crippen LogP contribution < -0.4 is 4.74 Å². The summed E-state index contributed by atoms with van der Waals surface area (Å²) in [5, 5.41) is 11.8. The normalized spacial score (nSPS) is 12.3. The molecule has 3 aromatic rings. The molecular weight excluding hydrogens is 455 g/mol. The van der Waals surface area contributed by atoms with Crippen molar-refractivity contribution in [3.8, 4) is 16.9 Å². The Balaban J connectivity index is 2.21. The van der Waals surface area contributed by atoms with Gasteiger partial charge in [-0.1, -0.05) is 54.6 Å². The van der Waals surface area contributed by atoms with E-state index in [0.29, 0.717) is 5.75 Å². The zero-order valence-corrected chi connectivity index (χ0v) is 16.6. The van der Waals surface area contributed by atoms with Crippen molar-refractivity contribution in [2.75, 3.05) is 12.5 Å². The molecule has 0 saturated heterocycles. The van der Waals surface area contributed by atoms with Crippen LogP contribution >= 0.6 is 43.5 Å². The fourth-order valence-electron chi connectivity index (χ4n) is 2.60. The summed E-state index contributed by atoms with van der Waals surface area (Å²) in [6.07, 6.45) is -0.704. The van der Waals surface area contributed by atoms with E-state index in [0.717, 1.165) is 30.8 Å². The fourth-order valence-corrected chi connectivity index (χ4v) is 3.84. The van der Waals surface area contributed by atoms with Gasteiger partial charge < -0.3 is 9.84 Å². The summed E-state index contributed by atoms with van der Waals surface area (Å²) in [4.78, 5) is 0. The minimum absolute atomic E-state index is 0.138. The molecule has 0 saturated carbocycles. The Morgan fingerprint density at radius 3 is 2.21 bits per heavy atom. The van der Waals surface area contributed by atoms with Crippen LogP contribution in [0.5, 0.6) is 5.75 Å². The highest BCUT2D eigenvalue weighted by Gasteiger charge is 2.19. The van der Waals surface area contributed by atoms with Gasteiger partial charge in [0.1, 0.15) is 18.5 Å². The summed E-state index contributed by atoms with van der Waals surface area (Å²) in [5.41, 5.74) is 2.22. The van der Waals surface area contributed by atoms with E-state index in [1.807, 2.05) is 36.4 Å². The SMILES string of the molecule is OC(CCl)COc1c(Br)c(Br)c(-c2ccccc2)c2ccccc12. The van der Waals surface area contributed by atoms with Crippen molar-refractivity contribution in [2.24, 2.45) is 0 Å². The molecule has 2 nitrogen and oxygen atoms in total. The predicted octanol–water partition coefficient (Wildman–Crippen LogP) is 6.01.